The number of hydrogen-bond donors (Lipinski definition) is 2. The Morgan fingerprint density at radius 3 is 2.47 bits per heavy atom. The second kappa shape index (κ2) is 4.44. The van der Waals surface area contributed by atoms with E-state index in [0.717, 1.165) is 0 Å². The van der Waals surface area contributed by atoms with E-state index in [0.29, 0.717) is 6.20 Å². The Balaban J connectivity index is 3.34. The summed E-state index contributed by atoms with van der Waals surface area (Å²) in [6.45, 7) is -1.33. The number of H-pyrrole nitrogens is 1. The summed E-state index contributed by atoms with van der Waals surface area (Å²) in [5.74, 6) is -3.10. The lowest BCUT2D eigenvalue weighted by atomic mass is 10.2. The number of aromatic nitrogens is 1. The Morgan fingerprint density at radius 2 is 2.06 bits per heavy atom. The number of carbonyl (C=O) groups is 1. The molecule has 0 spiro atoms. The molecule has 0 radical (unpaired) electrons. The number of carboxylic acids is 1. The van der Waals surface area contributed by atoms with Gasteiger partial charge in [0, 0.05) is 6.20 Å². The Labute approximate surface area is 90.6 Å². The molecule has 1 aromatic rings. The maximum Gasteiger partial charge on any atom is 0.573 e. The molecule has 9 heteroatoms. The van der Waals surface area contributed by atoms with Gasteiger partial charge in [0.25, 0.3) is 0 Å². The van der Waals surface area contributed by atoms with Crippen molar-refractivity contribution in [2.24, 2.45) is 0 Å². The van der Waals surface area contributed by atoms with Gasteiger partial charge in [-0.1, -0.05) is 0 Å². The van der Waals surface area contributed by atoms with Crippen LogP contribution in [0.4, 0.5) is 17.6 Å². The Kier molecular flexibility index (Phi) is 3.39. The first kappa shape index (κ1) is 13.0. The highest BCUT2D eigenvalue weighted by Gasteiger charge is 2.33. The van der Waals surface area contributed by atoms with E-state index in [1.54, 1.807) is 0 Å². The summed E-state index contributed by atoms with van der Waals surface area (Å²) in [6, 6.07) is 0. The standard InChI is InChI=1S/C8H5F4NO4/c9-1-3-5(7(15)16)6(14)4(2-13-3)17-8(10,11)12/h2H,1H2,(H,13,14)(H,15,16). The minimum atomic E-state index is -5.14. The van der Waals surface area contributed by atoms with Gasteiger partial charge < -0.3 is 14.8 Å². The van der Waals surface area contributed by atoms with Crippen molar-refractivity contribution in [2.45, 2.75) is 13.0 Å². The van der Waals surface area contributed by atoms with E-state index in [4.69, 9.17) is 5.11 Å². The summed E-state index contributed by atoms with van der Waals surface area (Å²) < 4.78 is 51.1. The average Bonchev–Trinajstić information content (AvgIpc) is 2.18. The molecule has 0 amide bonds. The van der Waals surface area contributed by atoms with E-state index >= 15 is 0 Å². The van der Waals surface area contributed by atoms with Crippen molar-refractivity contribution in [3.05, 3.63) is 27.7 Å². The summed E-state index contributed by atoms with van der Waals surface area (Å²) in [5, 5.41) is 8.58. The van der Waals surface area contributed by atoms with Gasteiger partial charge in [0.15, 0.2) is 5.75 Å². The molecule has 0 saturated heterocycles. The van der Waals surface area contributed by atoms with Gasteiger partial charge in [-0.15, -0.1) is 13.2 Å². The van der Waals surface area contributed by atoms with Crippen molar-refractivity contribution in [2.75, 3.05) is 0 Å². The van der Waals surface area contributed by atoms with Gasteiger partial charge in [-0.25, -0.2) is 9.18 Å². The van der Waals surface area contributed by atoms with Crippen LogP contribution in [0.15, 0.2) is 11.0 Å². The molecule has 0 fully saturated rings. The molecular weight excluding hydrogens is 250 g/mol. The molecule has 1 heterocycles. The Bertz CT molecular complexity index is 493. The summed E-state index contributed by atoms with van der Waals surface area (Å²) >= 11 is 0. The van der Waals surface area contributed by atoms with Crippen molar-refractivity contribution < 1.29 is 32.2 Å². The first-order valence-corrected chi connectivity index (χ1v) is 4.06. The number of halogens is 4. The van der Waals surface area contributed by atoms with Crippen LogP contribution in [0.3, 0.4) is 0 Å². The van der Waals surface area contributed by atoms with Crippen LogP contribution in [0, 0.1) is 0 Å². The molecule has 0 bridgehead atoms. The van der Waals surface area contributed by atoms with E-state index in [9.17, 15) is 27.2 Å². The molecule has 17 heavy (non-hydrogen) atoms. The molecule has 5 nitrogen and oxygen atoms in total. The number of aromatic carboxylic acids is 1. The van der Waals surface area contributed by atoms with Crippen molar-refractivity contribution >= 4 is 5.97 Å². The fourth-order valence-corrected chi connectivity index (χ4v) is 1.08. The third kappa shape index (κ3) is 2.95. The third-order valence-electron chi connectivity index (χ3n) is 1.70. The van der Waals surface area contributed by atoms with Gasteiger partial charge in [0.05, 0.1) is 5.69 Å². The average molecular weight is 255 g/mol. The number of ether oxygens (including phenoxy) is 1. The molecule has 2 N–H and O–H groups in total. The number of rotatable bonds is 3. The zero-order valence-corrected chi connectivity index (χ0v) is 7.97. The van der Waals surface area contributed by atoms with Crippen LogP contribution >= 0.6 is 0 Å². The lowest BCUT2D eigenvalue weighted by molar-refractivity contribution is -0.275. The van der Waals surface area contributed by atoms with Crippen LogP contribution in [0.2, 0.25) is 0 Å². The lowest BCUT2D eigenvalue weighted by Gasteiger charge is -2.09. The monoisotopic (exact) mass is 255 g/mol. The van der Waals surface area contributed by atoms with E-state index in [-0.39, 0.29) is 0 Å². The van der Waals surface area contributed by atoms with Crippen LogP contribution in [0.1, 0.15) is 16.1 Å². The first-order chi connectivity index (χ1) is 7.76. The van der Waals surface area contributed by atoms with E-state index in [1.165, 1.54) is 0 Å². The number of alkyl halides is 4. The third-order valence-corrected chi connectivity index (χ3v) is 1.70. The van der Waals surface area contributed by atoms with Crippen molar-refractivity contribution in [3.63, 3.8) is 0 Å². The number of carboxylic acid groups (broad SMARTS) is 1. The maximum atomic E-state index is 12.3. The van der Waals surface area contributed by atoms with Crippen LogP contribution in [-0.2, 0) is 6.67 Å². The lowest BCUT2D eigenvalue weighted by Crippen LogP contribution is -2.26. The quantitative estimate of drug-likeness (QED) is 0.801. The molecule has 0 saturated carbocycles. The predicted octanol–water partition coefficient (Wildman–Crippen LogP) is 1.44. The van der Waals surface area contributed by atoms with Gasteiger partial charge in [0.1, 0.15) is 12.2 Å². The predicted molar refractivity (Wildman–Crippen MR) is 45.5 cm³/mol. The van der Waals surface area contributed by atoms with Crippen molar-refractivity contribution in [1.29, 1.82) is 0 Å². The van der Waals surface area contributed by atoms with Crippen LogP contribution in [-0.4, -0.2) is 22.4 Å². The zero-order chi connectivity index (χ0) is 13.2. The molecule has 0 aliphatic rings. The largest absolute Gasteiger partial charge is 0.573 e. The van der Waals surface area contributed by atoms with Gasteiger partial charge in [-0.05, 0) is 0 Å². The number of aromatic amines is 1. The first-order valence-electron chi connectivity index (χ1n) is 4.06. The van der Waals surface area contributed by atoms with Gasteiger partial charge in [0.2, 0.25) is 5.43 Å². The number of nitrogens with one attached hydrogen (secondary N) is 1. The van der Waals surface area contributed by atoms with Crippen LogP contribution < -0.4 is 10.2 Å². The SMILES string of the molecule is O=C(O)c1c(CF)[nH]cc(OC(F)(F)F)c1=O. The summed E-state index contributed by atoms with van der Waals surface area (Å²) in [7, 11) is 0. The second-order valence-electron chi connectivity index (χ2n) is 2.82. The summed E-state index contributed by atoms with van der Waals surface area (Å²) in [6.07, 6.45) is -4.68. The fraction of sp³-hybridized carbons (Fsp3) is 0.250. The van der Waals surface area contributed by atoms with Crippen LogP contribution in [0.5, 0.6) is 5.75 Å². The molecule has 0 aromatic carbocycles. The molecule has 0 aliphatic heterocycles. The number of hydrogen-bond acceptors (Lipinski definition) is 3. The highest BCUT2D eigenvalue weighted by molar-refractivity contribution is 5.89. The highest BCUT2D eigenvalue weighted by atomic mass is 19.4. The van der Waals surface area contributed by atoms with E-state index in [1.807, 2.05) is 4.98 Å². The summed E-state index contributed by atoms with van der Waals surface area (Å²) in [5.41, 5.74) is -3.28. The molecule has 1 rings (SSSR count). The molecule has 0 atom stereocenters. The fourth-order valence-electron chi connectivity index (χ4n) is 1.08. The smallest absolute Gasteiger partial charge is 0.477 e. The summed E-state index contributed by atoms with van der Waals surface area (Å²) in [4.78, 5) is 23.8. The molecular formula is C8H5F4NO4. The van der Waals surface area contributed by atoms with Crippen LogP contribution in [0.25, 0.3) is 0 Å². The van der Waals surface area contributed by atoms with E-state index in [2.05, 4.69) is 4.74 Å². The molecule has 1 aromatic heterocycles. The second-order valence-corrected chi connectivity index (χ2v) is 2.82. The molecule has 94 valence electrons. The highest BCUT2D eigenvalue weighted by Crippen LogP contribution is 2.20. The Morgan fingerprint density at radius 1 is 1.47 bits per heavy atom. The van der Waals surface area contributed by atoms with Gasteiger partial charge >= 0.3 is 12.3 Å². The van der Waals surface area contributed by atoms with Crippen molar-refractivity contribution in [3.8, 4) is 5.75 Å². The molecule has 0 aliphatic carbocycles. The van der Waals surface area contributed by atoms with E-state index < -0.39 is 41.4 Å². The minimum absolute atomic E-state index is 0.456. The van der Waals surface area contributed by atoms with Gasteiger partial charge in [-0.3, -0.25) is 4.79 Å². The number of pyridine rings is 1. The minimum Gasteiger partial charge on any atom is -0.477 e. The molecule has 0 unspecified atom stereocenters. The van der Waals surface area contributed by atoms with Gasteiger partial charge in [-0.2, -0.15) is 0 Å². The Hall–Kier alpha value is -2.06. The maximum absolute atomic E-state index is 12.3. The topological polar surface area (TPSA) is 79.4 Å². The normalized spacial score (nSPS) is 11.3. The van der Waals surface area contributed by atoms with Crippen molar-refractivity contribution in [1.82, 2.24) is 4.98 Å². The zero-order valence-electron chi connectivity index (χ0n) is 7.97.